The monoisotopic (exact) mass is 571 g/mol. The summed E-state index contributed by atoms with van der Waals surface area (Å²) in [5.74, 6) is -2.98. The topological polar surface area (TPSA) is 146 Å². The zero-order valence-corrected chi connectivity index (χ0v) is 25.7. The maximum atomic E-state index is 13.7. The molecular formula is C31H49N5O5. The van der Waals surface area contributed by atoms with Crippen molar-refractivity contribution in [3.05, 3.63) is 35.9 Å². The molecule has 228 valence electrons. The van der Waals surface area contributed by atoms with Gasteiger partial charge in [-0.25, -0.2) is 0 Å². The van der Waals surface area contributed by atoms with Crippen molar-refractivity contribution in [2.75, 3.05) is 0 Å². The summed E-state index contributed by atoms with van der Waals surface area (Å²) in [6.45, 7) is 15.0. The number of hydrogen-bond acceptors (Lipinski definition) is 5. The van der Waals surface area contributed by atoms with E-state index in [9.17, 15) is 24.0 Å². The van der Waals surface area contributed by atoms with Gasteiger partial charge in [-0.1, -0.05) is 85.7 Å². The third kappa shape index (κ3) is 10.5. The molecule has 1 aromatic carbocycles. The zero-order valence-electron chi connectivity index (χ0n) is 25.7. The van der Waals surface area contributed by atoms with Gasteiger partial charge in [0.15, 0.2) is 0 Å². The van der Waals surface area contributed by atoms with Crippen LogP contribution in [0.2, 0.25) is 0 Å². The van der Waals surface area contributed by atoms with Crippen LogP contribution in [-0.4, -0.2) is 59.7 Å². The number of hydrogen-bond donors (Lipinski definition) is 5. The number of carbonyl (C=O) groups excluding carboxylic acids is 5. The molecule has 1 fully saturated rings. The van der Waals surface area contributed by atoms with Crippen LogP contribution in [0.3, 0.4) is 0 Å². The molecule has 10 nitrogen and oxygen atoms in total. The van der Waals surface area contributed by atoms with Crippen LogP contribution < -0.4 is 26.6 Å². The number of nitrogens with one attached hydrogen (secondary N) is 5. The van der Waals surface area contributed by atoms with E-state index < -0.39 is 59.7 Å². The van der Waals surface area contributed by atoms with Crippen molar-refractivity contribution in [2.24, 2.45) is 23.7 Å². The molecule has 0 radical (unpaired) electrons. The van der Waals surface area contributed by atoms with Crippen molar-refractivity contribution < 1.29 is 24.0 Å². The molecule has 1 aromatic rings. The first-order valence-electron chi connectivity index (χ1n) is 14.7. The van der Waals surface area contributed by atoms with Gasteiger partial charge in [0.05, 0.1) is 0 Å². The van der Waals surface area contributed by atoms with Crippen LogP contribution in [0.1, 0.15) is 73.8 Å². The van der Waals surface area contributed by atoms with Crippen LogP contribution in [0.15, 0.2) is 30.3 Å². The summed E-state index contributed by atoms with van der Waals surface area (Å²) >= 11 is 0. The first-order chi connectivity index (χ1) is 19.2. The Morgan fingerprint density at radius 1 is 0.512 bits per heavy atom. The molecule has 5 atom stereocenters. The highest BCUT2D eigenvalue weighted by Crippen LogP contribution is 2.13. The molecule has 0 aliphatic carbocycles. The normalized spacial score (nSPS) is 25.3. The number of benzene rings is 1. The molecule has 0 aromatic heterocycles. The van der Waals surface area contributed by atoms with Gasteiger partial charge in [-0.15, -0.1) is 0 Å². The molecule has 41 heavy (non-hydrogen) atoms. The van der Waals surface area contributed by atoms with Gasteiger partial charge in [0.25, 0.3) is 0 Å². The van der Waals surface area contributed by atoms with Crippen molar-refractivity contribution in [2.45, 2.75) is 105 Å². The largest absolute Gasteiger partial charge is 0.343 e. The minimum Gasteiger partial charge on any atom is -0.343 e. The Morgan fingerprint density at radius 2 is 0.878 bits per heavy atom. The number of rotatable bonds is 8. The fourth-order valence-electron chi connectivity index (χ4n) is 4.84. The Bertz CT molecular complexity index is 1060. The molecule has 1 aliphatic rings. The predicted molar refractivity (Wildman–Crippen MR) is 158 cm³/mol. The Balaban J connectivity index is 2.58. The minimum absolute atomic E-state index is 0.0603. The van der Waals surface area contributed by atoms with Crippen molar-refractivity contribution >= 4 is 29.5 Å². The second kappa shape index (κ2) is 15.5. The standard InChI is InChI=1S/C31H49N5O5/c1-17(2)14-22-27(37)33-23(15-18(3)4)29(39)35-26(20(7)8)31(41)36-25(19(5)6)30(40)34-24(28(38)32-22)16-21-12-10-9-11-13-21/h9-13,17-20,22-26H,14-16H2,1-8H3,(H,32,38)(H,33,37)(H,34,40)(H,35,39)(H,36,41)/t22-,23-,24+,25+,26-/m1/s1. The summed E-state index contributed by atoms with van der Waals surface area (Å²) in [4.78, 5) is 67.7. The highest BCUT2D eigenvalue weighted by atomic mass is 16.2. The lowest BCUT2D eigenvalue weighted by molar-refractivity contribution is -0.135. The van der Waals surface area contributed by atoms with Gasteiger partial charge in [0.2, 0.25) is 29.5 Å². The fraction of sp³-hybridized carbons (Fsp3) is 0.645. The smallest absolute Gasteiger partial charge is 0.243 e. The Morgan fingerprint density at radius 3 is 1.32 bits per heavy atom. The van der Waals surface area contributed by atoms with Gasteiger partial charge in [-0.2, -0.15) is 0 Å². The van der Waals surface area contributed by atoms with Crippen LogP contribution >= 0.6 is 0 Å². The van der Waals surface area contributed by atoms with Crippen LogP contribution in [0.5, 0.6) is 0 Å². The molecule has 0 saturated carbocycles. The Hall–Kier alpha value is -3.43. The summed E-state index contributed by atoms with van der Waals surface area (Å²) in [6, 6.07) is 4.56. The van der Waals surface area contributed by atoms with Gasteiger partial charge < -0.3 is 26.6 Å². The summed E-state index contributed by atoms with van der Waals surface area (Å²) in [7, 11) is 0. The minimum atomic E-state index is -0.997. The first-order valence-corrected chi connectivity index (χ1v) is 14.7. The van der Waals surface area contributed by atoms with Gasteiger partial charge >= 0.3 is 0 Å². The van der Waals surface area contributed by atoms with E-state index in [1.165, 1.54) is 0 Å². The van der Waals surface area contributed by atoms with Crippen molar-refractivity contribution in [3.63, 3.8) is 0 Å². The third-order valence-electron chi connectivity index (χ3n) is 7.09. The van der Waals surface area contributed by atoms with Gasteiger partial charge in [0, 0.05) is 6.42 Å². The van der Waals surface area contributed by atoms with E-state index in [1.807, 2.05) is 58.0 Å². The van der Waals surface area contributed by atoms with Crippen LogP contribution in [0.4, 0.5) is 0 Å². The lowest BCUT2D eigenvalue weighted by atomic mass is 9.97. The summed E-state index contributed by atoms with van der Waals surface area (Å²) in [5.41, 5.74) is 0.826. The van der Waals surface area contributed by atoms with Crippen LogP contribution in [-0.2, 0) is 30.4 Å². The Kier molecular flexibility index (Phi) is 12.8. The van der Waals surface area contributed by atoms with Crippen molar-refractivity contribution in [3.8, 4) is 0 Å². The predicted octanol–water partition coefficient (Wildman–Crippen LogP) is 2.07. The van der Waals surface area contributed by atoms with Gasteiger partial charge in [-0.05, 0) is 42.1 Å². The Labute approximate surface area is 244 Å². The molecule has 0 spiro atoms. The van der Waals surface area contributed by atoms with Crippen molar-refractivity contribution in [1.82, 2.24) is 26.6 Å². The van der Waals surface area contributed by atoms with E-state index in [0.717, 1.165) is 5.56 Å². The van der Waals surface area contributed by atoms with E-state index in [4.69, 9.17) is 0 Å². The molecule has 1 saturated heterocycles. The molecule has 1 aliphatic heterocycles. The quantitative estimate of drug-likeness (QED) is 0.324. The van der Waals surface area contributed by atoms with E-state index in [1.54, 1.807) is 27.7 Å². The molecule has 0 bridgehead atoms. The second-order valence-electron chi connectivity index (χ2n) is 12.6. The van der Waals surface area contributed by atoms with Gasteiger partial charge in [0.1, 0.15) is 30.2 Å². The lowest BCUT2D eigenvalue weighted by Gasteiger charge is -2.29. The van der Waals surface area contributed by atoms with E-state index >= 15 is 0 Å². The molecule has 1 heterocycles. The van der Waals surface area contributed by atoms with E-state index in [0.29, 0.717) is 12.8 Å². The van der Waals surface area contributed by atoms with Crippen LogP contribution in [0, 0.1) is 23.7 Å². The fourth-order valence-corrected chi connectivity index (χ4v) is 4.84. The lowest BCUT2D eigenvalue weighted by Crippen LogP contribution is -2.60. The molecule has 5 amide bonds. The SMILES string of the molecule is CC(C)C[C@H]1NC(=O)[C@H](Cc2ccccc2)NC(=O)[C@H](C(C)C)NC(=O)[C@@H](C(C)C)NC(=O)[C@@H](CC(C)C)NC1=O. The van der Waals surface area contributed by atoms with E-state index in [-0.39, 0.29) is 30.1 Å². The molecule has 0 unspecified atom stereocenters. The maximum absolute atomic E-state index is 13.7. The summed E-state index contributed by atoms with van der Waals surface area (Å²) in [6.07, 6.45) is 0.873. The highest BCUT2D eigenvalue weighted by Gasteiger charge is 2.36. The first kappa shape index (κ1) is 33.8. The summed E-state index contributed by atoms with van der Waals surface area (Å²) in [5, 5.41) is 14.1. The highest BCUT2D eigenvalue weighted by molar-refractivity contribution is 5.98. The maximum Gasteiger partial charge on any atom is 0.243 e. The van der Waals surface area contributed by atoms with E-state index in [2.05, 4.69) is 26.6 Å². The van der Waals surface area contributed by atoms with Crippen LogP contribution in [0.25, 0.3) is 0 Å². The average Bonchev–Trinajstić information content (AvgIpc) is 2.87. The second-order valence-corrected chi connectivity index (χ2v) is 12.6. The summed E-state index contributed by atoms with van der Waals surface area (Å²) < 4.78 is 0. The van der Waals surface area contributed by atoms with Gasteiger partial charge in [-0.3, -0.25) is 24.0 Å². The number of amides is 5. The van der Waals surface area contributed by atoms with Crippen molar-refractivity contribution in [1.29, 1.82) is 0 Å². The molecule has 5 N–H and O–H groups in total. The molecule has 10 heteroatoms. The number of carbonyl (C=O) groups is 5. The average molecular weight is 572 g/mol. The zero-order chi connectivity index (χ0) is 30.9. The molecule has 2 rings (SSSR count). The molecular weight excluding hydrogens is 522 g/mol. The third-order valence-corrected chi connectivity index (χ3v) is 7.09.